The van der Waals surface area contributed by atoms with Crippen molar-refractivity contribution in [2.24, 2.45) is 0 Å². The Labute approximate surface area is 339 Å². The third-order valence-electron chi connectivity index (χ3n) is 12.6. The molecular formula is C55H33NOS. The Bertz CT molecular complexity index is 3520. The fraction of sp³-hybridized carbons (Fsp3) is 0.0182. The van der Waals surface area contributed by atoms with Crippen molar-refractivity contribution in [1.29, 1.82) is 0 Å². The van der Waals surface area contributed by atoms with Crippen LogP contribution in [0.15, 0.2) is 214 Å². The maximum Gasteiger partial charge on any atom is 0.137 e. The van der Waals surface area contributed by atoms with Gasteiger partial charge in [0.15, 0.2) is 0 Å². The van der Waals surface area contributed by atoms with Crippen molar-refractivity contribution in [3.8, 4) is 11.1 Å². The van der Waals surface area contributed by atoms with Crippen molar-refractivity contribution in [1.82, 2.24) is 0 Å². The number of hydrogen-bond donors (Lipinski definition) is 0. The van der Waals surface area contributed by atoms with E-state index in [-0.39, 0.29) is 0 Å². The summed E-state index contributed by atoms with van der Waals surface area (Å²) < 4.78 is 6.66. The molecule has 1 aliphatic carbocycles. The van der Waals surface area contributed by atoms with E-state index in [1.807, 2.05) is 11.8 Å². The minimum Gasteiger partial charge on any atom is -0.456 e. The molecule has 1 aliphatic heterocycles. The van der Waals surface area contributed by atoms with Crippen LogP contribution in [0.25, 0.3) is 65.4 Å². The van der Waals surface area contributed by atoms with Crippen LogP contribution in [0.3, 0.4) is 0 Å². The molecule has 0 saturated heterocycles. The maximum absolute atomic E-state index is 6.66. The molecule has 2 nitrogen and oxygen atoms in total. The Hall–Kier alpha value is -7.07. The molecule has 11 aromatic rings. The molecule has 13 rings (SSSR count). The minimum absolute atomic E-state index is 0.495. The van der Waals surface area contributed by atoms with Gasteiger partial charge >= 0.3 is 0 Å². The third-order valence-corrected chi connectivity index (χ3v) is 13.8. The van der Waals surface area contributed by atoms with E-state index in [1.165, 1.54) is 75.5 Å². The lowest BCUT2D eigenvalue weighted by molar-refractivity contribution is 0.669. The largest absolute Gasteiger partial charge is 0.456 e. The molecule has 0 saturated carbocycles. The second kappa shape index (κ2) is 12.0. The quantitative estimate of drug-likeness (QED) is 0.179. The molecule has 270 valence electrons. The van der Waals surface area contributed by atoms with Crippen molar-refractivity contribution < 1.29 is 4.42 Å². The lowest BCUT2D eigenvalue weighted by Gasteiger charge is -2.46. The summed E-state index contributed by atoms with van der Waals surface area (Å²) in [5.74, 6) is 0. The second-order valence-corrected chi connectivity index (χ2v) is 16.7. The molecule has 1 spiro atoms. The van der Waals surface area contributed by atoms with Gasteiger partial charge in [-0.2, -0.15) is 0 Å². The molecule has 2 aliphatic rings. The molecule has 1 unspecified atom stereocenters. The van der Waals surface area contributed by atoms with E-state index < -0.39 is 5.41 Å². The number of fused-ring (bicyclic) bond motifs is 13. The van der Waals surface area contributed by atoms with Crippen LogP contribution in [0.5, 0.6) is 0 Å². The zero-order chi connectivity index (χ0) is 38.0. The number of rotatable bonds is 3. The predicted molar refractivity (Wildman–Crippen MR) is 242 cm³/mol. The van der Waals surface area contributed by atoms with Gasteiger partial charge in [0.25, 0.3) is 0 Å². The number of anilines is 3. The van der Waals surface area contributed by atoms with Gasteiger partial charge < -0.3 is 9.32 Å². The van der Waals surface area contributed by atoms with Crippen molar-refractivity contribution in [3.63, 3.8) is 0 Å². The molecule has 1 atom stereocenters. The Kier molecular flexibility index (Phi) is 6.62. The highest BCUT2D eigenvalue weighted by Gasteiger charge is 2.48. The van der Waals surface area contributed by atoms with E-state index in [2.05, 4.69) is 205 Å². The topological polar surface area (TPSA) is 16.4 Å². The van der Waals surface area contributed by atoms with Crippen molar-refractivity contribution in [2.45, 2.75) is 15.2 Å². The fourth-order valence-electron chi connectivity index (χ4n) is 10.2. The molecule has 3 heteroatoms. The van der Waals surface area contributed by atoms with Gasteiger partial charge in [0.05, 0.1) is 5.41 Å². The number of hydrogen-bond acceptors (Lipinski definition) is 3. The molecule has 0 bridgehead atoms. The molecule has 58 heavy (non-hydrogen) atoms. The minimum atomic E-state index is -0.495. The van der Waals surface area contributed by atoms with E-state index in [0.717, 1.165) is 39.0 Å². The molecule has 0 amide bonds. The summed E-state index contributed by atoms with van der Waals surface area (Å²) in [6.45, 7) is 0. The average molecular weight is 756 g/mol. The Morgan fingerprint density at radius 1 is 0.362 bits per heavy atom. The third kappa shape index (κ3) is 4.39. The van der Waals surface area contributed by atoms with Gasteiger partial charge in [-0.1, -0.05) is 151 Å². The first-order valence-corrected chi connectivity index (χ1v) is 20.7. The molecular weight excluding hydrogens is 723 g/mol. The molecule has 0 fully saturated rings. The highest BCUT2D eigenvalue weighted by atomic mass is 32.2. The maximum atomic E-state index is 6.66. The summed E-state index contributed by atoms with van der Waals surface area (Å²) in [5.41, 5.74) is 12.4. The van der Waals surface area contributed by atoms with Crippen molar-refractivity contribution in [2.75, 3.05) is 4.90 Å². The Morgan fingerprint density at radius 2 is 0.948 bits per heavy atom. The van der Waals surface area contributed by atoms with Crippen LogP contribution in [0.4, 0.5) is 17.1 Å². The first-order chi connectivity index (χ1) is 28.7. The van der Waals surface area contributed by atoms with Crippen LogP contribution in [-0.2, 0) is 5.41 Å². The summed E-state index contributed by atoms with van der Waals surface area (Å²) in [6.07, 6.45) is 0. The van der Waals surface area contributed by atoms with Gasteiger partial charge in [0.1, 0.15) is 11.2 Å². The molecule has 2 heterocycles. The van der Waals surface area contributed by atoms with Gasteiger partial charge in [-0.05, 0) is 120 Å². The lowest BCUT2D eigenvalue weighted by Crippen LogP contribution is -2.36. The van der Waals surface area contributed by atoms with E-state index >= 15 is 0 Å². The van der Waals surface area contributed by atoms with Crippen LogP contribution < -0.4 is 4.90 Å². The Morgan fingerprint density at radius 3 is 1.83 bits per heavy atom. The molecule has 0 radical (unpaired) electrons. The Balaban J connectivity index is 1.06. The smallest absolute Gasteiger partial charge is 0.137 e. The van der Waals surface area contributed by atoms with Crippen LogP contribution >= 0.6 is 11.8 Å². The fourth-order valence-corrected chi connectivity index (χ4v) is 11.4. The first-order valence-electron chi connectivity index (χ1n) is 19.9. The number of nitrogens with zero attached hydrogens (tertiary/aromatic N) is 1. The van der Waals surface area contributed by atoms with E-state index in [0.29, 0.717) is 0 Å². The highest BCUT2D eigenvalue weighted by molar-refractivity contribution is 7.99. The van der Waals surface area contributed by atoms with Crippen LogP contribution in [0, 0.1) is 0 Å². The first kappa shape index (κ1) is 32.1. The average Bonchev–Trinajstić information content (AvgIpc) is 3.63. The van der Waals surface area contributed by atoms with E-state index in [4.69, 9.17) is 4.42 Å². The normalized spacial score (nSPS) is 15.2. The summed E-state index contributed by atoms with van der Waals surface area (Å²) in [7, 11) is 0. The summed E-state index contributed by atoms with van der Waals surface area (Å²) >= 11 is 1.88. The van der Waals surface area contributed by atoms with Gasteiger partial charge in [0.2, 0.25) is 0 Å². The molecule has 10 aromatic carbocycles. The van der Waals surface area contributed by atoms with Crippen LogP contribution in [-0.4, -0.2) is 0 Å². The standard InChI is InChI=1S/C55H33NOS/c1-2-12-36-29-39(24-23-34(36)11-1)56(40-25-27-43-45-30-37-13-3-4-14-38(37)31-50(45)57-51(43)32-40)41-26-28-48-53(33-41)58-52-22-8-7-20-47(52)55(48)46-19-6-5-17-42(46)44-18-9-15-35-16-10-21-49(55)54(35)44/h1-33H. The van der Waals surface area contributed by atoms with Crippen LogP contribution in [0.2, 0.25) is 0 Å². The highest BCUT2D eigenvalue weighted by Crippen LogP contribution is 2.61. The van der Waals surface area contributed by atoms with Gasteiger partial charge in [0, 0.05) is 43.7 Å². The van der Waals surface area contributed by atoms with Gasteiger partial charge in [-0.25, -0.2) is 0 Å². The molecule has 0 N–H and O–H groups in total. The summed E-state index contributed by atoms with van der Waals surface area (Å²) in [4.78, 5) is 4.94. The monoisotopic (exact) mass is 755 g/mol. The number of furan rings is 1. The van der Waals surface area contributed by atoms with Crippen molar-refractivity contribution >= 4 is 83.1 Å². The van der Waals surface area contributed by atoms with Crippen molar-refractivity contribution in [3.05, 3.63) is 222 Å². The van der Waals surface area contributed by atoms with Gasteiger partial charge in [-0.3, -0.25) is 0 Å². The lowest BCUT2D eigenvalue weighted by atomic mass is 9.59. The predicted octanol–water partition coefficient (Wildman–Crippen LogP) is 15.3. The zero-order valence-electron chi connectivity index (χ0n) is 31.3. The molecule has 1 aromatic heterocycles. The second-order valence-electron chi connectivity index (χ2n) is 15.6. The SMILES string of the molecule is c1ccc2c(c1)Sc1cc(N(c3ccc4ccccc4c3)c3ccc4c(c3)oc3cc5ccccc5cc34)ccc1C21c2ccccc2-c2cccc3cccc1c23. The van der Waals surface area contributed by atoms with Crippen LogP contribution in [0.1, 0.15) is 22.3 Å². The van der Waals surface area contributed by atoms with E-state index in [9.17, 15) is 0 Å². The summed E-state index contributed by atoms with van der Waals surface area (Å²) in [6, 6.07) is 74.0. The van der Waals surface area contributed by atoms with E-state index in [1.54, 1.807) is 0 Å². The number of benzene rings is 10. The van der Waals surface area contributed by atoms with Gasteiger partial charge in [-0.15, -0.1) is 0 Å². The summed E-state index contributed by atoms with van der Waals surface area (Å²) in [5, 5.41) is 9.68. The zero-order valence-corrected chi connectivity index (χ0v) is 32.1.